The van der Waals surface area contributed by atoms with Gasteiger partial charge in [0.25, 0.3) is 0 Å². The van der Waals surface area contributed by atoms with Crippen molar-refractivity contribution in [1.82, 2.24) is 4.98 Å². The van der Waals surface area contributed by atoms with Gasteiger partial charge in [0.05, 0.1) is 17.4 Å². The molecule has 1 aromatic heterocycles. The molecular weight excluding hydrogens is 244 g/mol. The molecule has 0 bridgehead atoms. The summed E-state index contributed by atoms with van der Waals surface area (Å²) in [6, 6.07) is 2.37. The first-order valence-electron chi connectivity index (χ1n) is 4.83. The molecule has 0 aliphatic carbocycles. The standard InChI is InChI=1S/C10H10N2O4S/c13-10(14)7-1-3-11-9(5-7)12-8-2-4-17(15,16)6-8/h1-5,8H,6H2,(H,11,12)(H,13,14). The molecule has 6 nitrogen and oxygen atoms in total. The normalized spacial score (nSPS) is 21.3. The topological polar surface area (TPSA) is 96.4 Å². The van der Waals surface area contributed by atoms with E-state index in [1.807, 2.05) is 0 Å². The molecule has 1 aliphatic rings. The van der Waals surface area contributed by atoms with Crippen molar-refractivity contribution < 1.29 is 18.3 Å². The van der Waals surface area contributed by atoms with Gasteiger partial charge >= 0.3 is 5.97 Å². The number of carboxylic acid groups (broad SMARTS) is 1. The Bertz CT molecular complexity index is 580. The summed E-state index contributed by atoms with van der Waals surface area (Å²) in [5.41, 5.74) is 0.104. The highest BCUT2D eigenvalue weighted by Gasteiger charge is 2.21. The number of nitrogens with zero attached hydrogens (tertiary/aromatic N) is 1. The Hall–Kier alpha value is -1.89. The maximum Gasteiger partial charge on any atom is 0.335 e. The third-order valence-corrected chi connectivity index (χ3v) is 3.67. The Balaban J connectivity index is 2.13. The summed E-state index contributed by atoms with van der Waals surface area (Å²) in [6.07, 6.45) is 2.88. The van der Waals surface area contributed by atoms with Crippen LogP contribution in [-0.4, -0.2) is 36.3 Å². The van der Waals surface area contributed by atoms with Gasteiger partial charge in [-0.1, -0.05) is 0 Å². The summed E-state index contributed by atoms with van der Waals surface area (Å²) in [5.74, 6) is -0.743. The Morgan fingerprint density at radius 3 is 2.88 bits per heavy atom. The van der Waals surface area contributed by atoms with Crippen LogP contribution in [0.2, 0.25) is 0 Å². The Morgan fingerprint density at radius 2 is 2.29 bits per heavy atom. The number of pyridine rings is 1. The van der Waals surface area contributed by atoms with Gasteiger partial charge in [-0.15, -0.1) is 0 Å². The van der Waals surface area contributed by atoms with Crippen molar-refractivity contribution in [3.05, 3.63) is 35.4 Å². The summed E-state index contributed by atoms with van der Waals surface area (Å²) < 4.78 is 22.3. The first kappa shape index (κ1) is 11.6. The molecule has 1 aliphatic heterocycles. The molecule has 1 atom stereocenters. The van der Waals surface area contributed by atoms with E-state index in [9.17, 15) is 13.2 Å². The van der Waals surface area contributed by atoms with Crippen molar-refractivity contribution in [2.24, 2.45) is 0 Å². The molecule has 0 spiro atoms. The van der Waals surface area contributed by atoms with E-state index < -0.39 is 15.8 Å². The van der Waals surface area contributed by atoms with Crippen LogP contribution in [-0.2, 0) is 9.84 Å². The van der Waals surface area contributed by atoms with Gasteiger partial charge in [-0.2, -0.15) is 0 Å². The van der Waals surface area contributed by atoms with E-state index in [0.29, 0.717) is 5.82 Å². The number of carboxylic acids is 1. The third-order valence-electron chi connectivity index (χ3n) is 2.27. The van der Waals surface area contributed by atoms with Crippen LogP contribution in [0.15, 0.2) is 29.8 Å². The maximum atomic E-state index is 11.2. The molecule has 2 rings (SSSR count). The molecule has 0 aromatic carbocycles. The smallest absolute Gasteiger partial charge is 0.335 e. The van der Waals surface area contributed by atoms with Gasteiger partial charge in [-0.05, 0) is 18.2 Å². The lowest BCUT2D eigenvalue weighted by Gasteiger charge is -2.10. The zero-order chi connectivity index (χ0) is 12.5. The Morgan fingerprint density at radius 1 is 1.53 bits per heavy atom. The Labute approximate surface area is 97.9 Å². The van der Waals surface area contributed by atoms with Crippen molar-refractivity contribution in [2.45, 2.75) is 6.04 Å². The number of aromatic carboxylic acids is 1. The maximum absolute atomic E-state index is 11.2. The van der Waals surface area contributed by atoms with Gasteiger partial charge in [-0.25, -0.2) is 18.2 Å². The molecule has 17 heavy (non-hydrogen) atoms. The van der Waals surface area contributed by atoms with E-state index in [-0.39, 0.29) is 17.4 Å². The molecule has 1 unspecified atom stereocenters. The minimum atomic E-state index is -3.13. The number of hydrogen-bond acceptors (Lipinski definition) is 5. The van der Waals surface area contributed by atoms with Crippen LogP contribution in [0.25, 0.3) is 0 Å². The van der Waals surface area contributed by atoms with E-state index >= 15 is 0 Å². The highest BCUT2D eigenvalue weighted by atomic mass is 32.2. The molecule has 0 fully saturated rings. The minimum Gasteiger partial charge on any atom is -0.478 e. The van der Waals surface area contributed by atoms with Crippen LogP contribution < -0.4 is 5.32 Å². The largest absolute Gasteiger partial charge is 0.478 e. The fourth-order valence-electron chi connectivity index (χ4n) is 1.50. The Kier molecular flexibility index (Phi) is 2.84. The molecule has 0 saturated heterocycles. The van der Waals surface area contributed by atoms with Crippen molar-refractivity contribution in [3.8, 4) is 0 Å². The zero-order valence-electron chi connectivity index (χ0n) is 8.70. The van der Waals surface area contributed by atoms with Crippen LogP contribution >= 0.6 is 0 Å². The van der Waals surface area contributed by atoms with E-state index in [0.717, 1.165) is 5.41 Å². The molecular formula is C10H10N2O4S. The predicted octanol–water partition coefficient (Wildman–Crippen LogP) is 0.502. The molecule has 2 heterocycles. The van der Waals surface area contributed by atoms with E-state index in [4.69, 9.17) is 5.11 Å². The van der Waals surface area contributed by atoms with Crippen LogP contribution in [0.4, 0.5) is 5.82 Å². The van der Waals surface area contributed by atoms with Crippen LogP contribution in [0, 0.1) is 0 Å². The summed E-state index contributed by atoms with van der Waals surface area (Å²) in [6.45, 7) is 0. The summed E-state index contributed by atoms with van der Waals surface area (Å²) >= 11 is 0. The van der Waals surface area contributed by atoms with Gasteiger partial charge in [-0.3, -0.25) is 0 Å². The quantitative estimate of drug-likeness (QED) is 0.815. The summed E-state index contributed by atoms with van der Waals surface area (Å²) in [4.78, 5) is 14.7. The second kappa shape index (κ2) is 4.17. The number of rotatable bonds is 3. The lowest BCUT2D eigenvalue weighted by atomic mass is 10.2. The SMILES string of the molecule is O=C(O)c1ccnc(NC2C=CS(=O)(=O)C2)c1. The summed E-state index contributed by atoms with van der Waals surface area (Å²) in [5, 5.41) is 12.8. The predicted molar refractivity (Wildman–Crippen MR) is 61.5 cm³/mol. The van der Waals surface area contributed by atoms with Crippen molar-refractivity contribution in [1.29, 1.82) is 0 Å². The average molecular weight is 254 g/mol. The zero-order valence-corrected chi connectivity index (χ0v) is 9.52. The van der Waals surface area contributed by atoms with Crippen molar-refractivity contribution in [3.63, 3.8) is 0 Å². The highest BCUT2D eigenvalue weighted by Crippen LogP contribution is 2.14. The molecule has 0 amide bonds. The molecule has 2 N–H and O–H groups in total. The fourth-order valence-corrected chi connectivity index (χ4v) is 2.73. The molecule has 1 aromatic rings. The van der Waals surface area contributed by atoms with Crippen LogP contribution in [0.3, 0.4) is 0 Å². The van der Waals surface area contributed by atoms with E-state index in [1.54, 1.807) is 0 Å². The van der Waals surface area contributed by atoms with Crippen molar-refractivity contribution in [2.75, 3.05) is 11.1 Å². The number of sulfone groups is 1. The second-order valence-electron chi connectivity index (χ2n) is 3.64. The number of carbonyl (C=O) groups is 1. The fraction of sp³-hybridized carbons (Fsp3) is 0.200. The molecule has 0 radical (unpaired) electrons. The minimum absolute atomic E-state index is 0.0357. The number of aromatic nitrogens is 1. The molecule has 7 heteroatoms. The lowest BCUT2D eigenvalue weighted by molar-refractivity contribution is 0.0697. The highest BCUT2D eigenvalue weighted by molar-refractivity contribution is 7.94. The number of hydrogen-bond donors (Lipinski definition) is 2. The van der Waals surface area contributed by atoms with Gasteiger partial charge in [0.1, 0.15) is 5.82 Å². The van der Waals surface area contributed by atoms with E-state index in [1.165, 1.54) is 24.4 Å². The summed E-state index contributed by atoms with van der Waals surface area (Å²) in [7, 11) is -3.13. The number of nitrogens with one attached hydrogen (secondary N) is 1. The van der Waals surface area contributed by atoms with Crippen LogP contribution in [0.5, 0.6) is 0 Å². The van der Waals surface area contributed by atoms with Gasteiger partial charge in [0.2, 0.25) is 0 Å². The first-order chi connectivity index (χ1) is 7.96. The molecule has 90 valence electrons. The van der Waals surface area contributed by atoms with Gasteiger partial charge in [0, 0.05) is 11.6 Å². The third kappa shape index (κ3) is 2.82. The molecule has 0 saturated carbocycles. The average Bonchev–Trinajstić information content (AvgIpc) is 2.58. The monoisotopic (exact) mass is 254 g/mol. The van der Waals surface area contributed by atoms with Gasteiger partial charge < -0.3 is 10.4 Å². The second-order valence-corrected chi connectivity index (χ2v) is 5.58. The number of anilines is 1. The van der Waals surface area contributed by atoms with E-state index in [2.05, 4.69) is 10.3 Å². The van der Waals surface area contributed by atoms with Crippen LogP contribution in [0.1, 0.15) is 10.4 Å². The first-order valence-corrected chi connectivity index (χ1v) is 6.55. The lowest BCUT2D eigenvalue weighted by Crippen LogP contribution is -2.21. The van der Waals surface area contributed by atoms with Gasteiger partial charge in [0.15, 0.2) is 9.84 Å². The van der Waals surface area contributed by atoms with Crippen molar-refractivity contribution >= 4 is 21.6 Å².